The predicted molar refractivity (Wildman–Crippen MR) is 223 cm³/mol. The van der Waals surface area contributed by atoms with Crippen LogP contribution in [0.2, 0.25) is 0 Å². The number of hydrogen-bond acceptors (Lipinski definition) is 8. The van der Waals surface area contributed by atoms with E-state index < -0.39 is 22.9 Å². The van der Waals surface area contributed by atoms with Gasteiger partial charge in [0, 0.05) is 13.1 Å². The van der Waals surface area contributed by atoms with Crippen molar-refractivity contribution in [2.75, 3.05) is 27.3 Å². The van der Waals surface area contributed by atoms with E-state index in [-0.39, 0.29) is 48.4 Å². The SMILES string of the molecule is COC(=O)C[C@H](C(=O)N1CCC[C@@]1(C)c1nc2ccc(-c3ccc(-c4ccc5nc([C@]6(C)CCCN6C(=O)[C@@H](CC(=O)OC)C(C)C)[nH]c5c4)cc3)cc2[nH]1)C(C)C. The molecule has 2 amide bonds. The first-order chi connectivity index (χ1) is 27.7. The molecule has 3 aromatic carbocycles. The molecule has 2 aliphatic rings. The largest absolute Gasteiger partial charge is 0.469 e. The van der Waals surface area contributed by atoms with Gasteiger partial charge in [-0.1, -0.05) is 64.1 Å². The first kappa shape index (κ1) is 40.7. The Balaban J connectivity index is 1.09. The number of rotatable bonds is 12. The van der Waals surface area contributed by atoms with Crippen LogP contribution in [-0.4, -0.2) is 80.8 Å². The van der Waals surface area contributed by atoms with E-state index in [4.69, 9.17) is 19.4 Å². The molecule has 0 saturated carbocycles. The summed E-state index contributed by atoms with van der Waals surface area (Å²) in [6.45, 7) is 13.2. The summed E-state index contributed by atoms with van der Waals surface area (Å²) >= 11 is 0. The molecule has 2 aromatic heterocycles. The number of imidazole rings is 2. The van der Waals surface area contributed by atoms with Crippen molar-refractivity contribution in [3.8, 4) is 22.3 Å². The van der Waals surface area contributed by atoms with Crippen LogP contribution < -0.4 is 0 Å². The molecule has 0 radical (unpaired) electrons. The number of carbonyl (C=O) groups excluding carboxylic acids is 4. The van der Waals surface area contributed by atoms with Crippen molar-refractivity contribution in [2.45, 2.75) is 91.1 Å². The summed E-state index contributed by atoms with van der Waals surface area (Å²) in [5, 5.41) is 0. The van der Waals surface area contributed by atoms with E-state index in [2.05, 4.69) is 72.3 Å². The topological polar surface area (TPSA) is 151 Å². The van der Waals surface area contributed by atoms with E-state index in [0.29, 0.717) is 13.1 Å². The van der Waals surface area contributed by atoms with E-state index in [9.17, 15) is 19.2 Å². The lowest BCUT2D eigenvalue weighted by Crippen LogP contribution is -2.47. The van der Waals surface area contributed by atoms with Crippen molar-refractivity contribution >= 4 is 45.8 Å². The van der Waals surface area contributed by atoms with Crippen molar-refractivity contribution in [2.24, 2.45) is 23.7 Å². The number of nitrogens with one attached hydrogen (secondary N) is 2. The zero-order valence-electron chi connectivity index (χ0n) is 35.0. The van der Waals surface area contributed by atoms with E-state index in [1.54, 1.807) is 0 Å². The molecule has 2 fully saturated rings. The average molecular weight is 789 g/mol. The zero-order valence-corrected chi connectivity index (χ0v) is 35.0. The molecule has 5 aromatic rings. The summed E-state index contributed by atoms with van der Waals surface area (Å²) in [4.78, 5) is 73.0. The van der Waals surface area contributed by atoms with Gasteiger partial charge in [-0.05, 0) is 97.9 Å². The number of methoxy groups -OCH3 is 2. The second kappa shape index (κ2) is 16.0. The molecular formula is C46H56N6O6. The molecule has 58 heavy (non-hydrogen) atoms. The maximum Gasteiger partial charge on any atom is 0.306 e. The van der Waals surface area contributed by atoms with E-state index >= 15 is 0 Å². The molecule has 2 N–H and O–H groups in total. The summed E-state index contributed by atoms with van der Waals surface area (Å²) < 4.78 is 9.82. The fourth-order valence-electron chi connectivity index (χ4n) is 9.01. The summed E-state index contributed by atoms with van der Waals surface area (Å²) in [7, 11) is 2.71. The Morgan fingerprint density at radius 1 is 0.621 bits per heavy atom. The summed E-state index contributed by atoms with van der Waals surface area (Å²) in [5.74, 6) is -0.284. The summed E-state index contributed by atoms with van der Waals surface area (Å²) in [6.07, 6.45) is 3.37. The van der Waals surface area contributed by atoms with Gasteiger partial charge in [0.2, 0.25) is 11.8 Å². The molecular weight excluding hydrogens is 733 g/mol. The Morgan fingerprint density at radius 2 is 0.983 bits per heavy atom. The number of esters is 2. The Hall–Kier alpha value is -5.52. The van der Waals surface area contributed by atoms with Crippen molar-refractivity contribution in [3.63, 3.8) is 0 Å². The quantitative estimate of drug-likeness (QED) is 0.120. The van der Waals surface area contributed by atoms with Crippen LogP contribution >= 0.6 is 0 Å². The smallest absolute Gasteiger partial charge is 0.306 e. The lowest BCUT2D eigenvalue weighted by molar-refractivity contribution is -0.150. The summed E-state index contributed by atoms with van der Waals surface area (Å²) in [6, 6.07) is 20.8. The molecule has 12 heteroatoms. The zero-order chi connectivity index (χ0) is 41.5. The molecule has 4 atom stereocenters. The van der Waals surface area contributed by atoms with E-state index in [1.165, 1.54) is 14.2 Å². The van der Waals surface area contributed by atoms with E-state index in [0.717, 1.165) is 81.7 Å². The first-order valence-electron chi connectivity index (χ1n) is 20.5. The van der Waals surface area contributed by atoms with E-state index in [1.807, 2.05) is 49.6 Å². The standard InChI is InChI=1S/C46H56N6O6/c1-27(2)33(25-39(53)57-7)41(55)51-21-9-19-45(51,5)43-47-35-17-15-31(23-37(35)49-43)29-11-13-30(14-12-29)32-16-18-36-38(24-32)50-44(48-36)46(6)20-10-22-52(46)42(56)34(28(3)4)26-40(54)58-8/h11-18,23-24,27-28,33-34H,9-10,19-22,25-26H2,1-8H3,(H,47,49)(H,48,50)/t33-,34-,45-,46-/m0/s1. The minimum absolute atomic E-state index is 0.0118. The third kappa shape index (κ3) is 7.49. The van der Waals surface area contributed by atoms with Gasteiger partial charge in [0.15, 0.2) is 0 Å². The van der Waals surface area contributed by atoms with Gasteiger partial charge in [0.05, 0.1) is 72.0 Å². The number of H-pyrrole nitrogens is 2. The highest BCUT2D eigenvalue weighted by molar-refractivity contribution is 5.88. The molecule has 2 aliphatic heterocycles. The number of amides is 2. The highest BCUT2D eigenvalue weighted by atomic mass is 16.5. The average Bonchev–Trinajstić information content (AvgIpc) is 4.03. The van der Waals surface area contributed by atoms with Crippen molar-refractivity contribution in [3.05, 3.63) is 72.3 Å². The third-order valence-corrected chi connectivity index (χ3v) is 12.8. The lowest BCUT2D eigenvalue weighted by Gasteiger charge is -2.36. The van der Waals surface area contributed by atoms with Crippen LogP contribution in [0.3, 0.4) is 0 Å². The Labute approximate surface area is 340 Å². The molecule has 7 rings (SSSR count). The van der Waals surface area contributed by atoms with Crippen LogP contribution in [0.4, 0.5) is 0 Å². The van der Waals surface area contributed by atoms with Crippen LogP contribution in [-0.2, 0) is 39.7 Å². The maximum atomic E-state index is 13.9. The predicted octanol–water partition coefficient (Wildman–Crippen LogP) is 8.12. The van der Waals surface area contributed by atoms with Crippen molar-refractivity contribution < 1.29 is 28.7 Å². The molecule has 306 valence electrons. The van der Waals surface area contributed by atoms with Crippen LogP contribution in [0.25, 0.3) is 44.3 Å². The van der Waals surface area contributed by atoms with Gasteiger partial charge < -0.3 is 29.2 Å². The number of ether oxygens (including phenoxy) is 2. The number of hydrogen-bond donors (Lipinski definition) is 2. The molecule has 0 spiro atoms. The highest BCUT2D eigenvalue weighted by Crippen LogP contribution is 2.42. The first-order valence-corrected chi connectivity index (χ1v) is 20.5. The van der Waals surface area contributed by atoms with Crippen LogP contribution in [0.5, 0.6) is 0 Å². The molecule has 12 nitrogen and oxygen atoms in total. The van der Waals surface area contributed by atoms with Crippen molar-refractivity contribution in [1.82, 2.24) is 29.7 Å². The van der Waals surface area contributed by atoms with Crippen LogP contribution in [0.1, 0.15) is 91.7 Å². The highest BCUT2D eigenvalue weighted by Gasteiger charge is 2.47. The van der Waals surface area contributed by atoms with Gasteiger partial charge >= 0.3 is 11.9 Å². The fraction of sp³-hybridized carbons (Fsp3) is 0.478. The molecule has 0 unspecified atom stereocenters. The normalized spacial score (nSPS) is 20.7. The Bertz CT molecular complexity index is 2180. The van der Waals surface area contributed by atoms with Gasteiger partial charge in [-0.25, -0.2) is 9.97 Å². The molecule has 4 heterocycles. The molecule has 2 saturated heterocycles. The fourth-order valence-corrected chi connectivity index (χ4v) is 9.01. The molecule has 0 aliphatic carbocycles. The van der Waals surface area contributed by atoms with Gasteiger partial charge in [-0.15, -0.1) is 0 Å². The summed E-state index contributed by atoms with van der Waals surface area (Å²) in [5.41, 5.74) is 6.42. The number of benzene rings is 3. The van der Waals surface area contributed by atoms with Gasteiger partial charge in [-0.3, -0.25) is 19.2 Å². The Kier molecular flexibility index (Phi) is 11.2. The van der Waals surface area contributed by atoms with Crippen LogP contribution in [0.15, 0.2) is 60.7 Å². The number of carbonyl (C=O) groups is 4. The lowest BCUT2D eigenvalue weighted by atomic mass is 9.89. The second-order valence-electron chi connectivity index (χ2n) is 17.2. The monoisotopic (exact) mass is 788 g/mol. The number of aromatic amines is 2. The third-order valence-electron chi connectivity index (χ3n) is 12.8. The number of fused-ring (bicyclic) bond motifs is 2. The van der Waals surface area contributed by atoms with Crippen LogP contribution in [0, 0.1) is 23.7 Å². The van der Waals surface area contributed by atoms with Crippen molar-refractivity contribution in [1.29, 1.82) is 0 Å². The van der Waals surface area contributed by atoms with Gasteiger partial charge in [0.25, 0.3) is 0 Å². The van der Waals surface area contributed by atoms with Gasteiger partial charge in [0.1, 0.15) is 11.6 Å². The Morgan fingerprint density at radius 3 is 1.33 bits per heavy atom. The minimum Gasteiger partial charge on any atom is -0.469 e. The molecule has 0 bridgehead atoms. The maximum absolute atomic E-state index is 13.9. The van der Waals surface area contributed by atoms with Gasteiger partial charge in [-0.2, -0.15) is 0 Å². The number of aromatic nitrogens is 4. The second-order valence-corrected chi connectivity index (χ2v) is 17.2. The number of nitrogens with zero attached hydrogens (tertiary/aromatic N) is 4. The number of likely N-dealkylation sites (tertiary alicyclic amines) is 2. The minimum atomic E-state index is -0.619.